The molecule has 0 aliphatic carbocycles. The van der Waals surface area contributed by atoms with E-state index in [-0.39, 0.29) is 11.5 Å². The Morgan fingerprint density at radius 3 is 2.75 bits per heavy atom. The van der Waals surface area contributed by atoms with Gasteiger partial charge in [-0.3, -0.25) is 14.2 Å². The lowest BCUT2D eigenvalue weighted by molar-refractivity contribution is -0.120. The molecular weight excluding hydrogens is 374 g/mol. The standard InChI is InChI=1S/C21H21N3O3S/c1-4-13-22-19(25)14(2)28-21-23-16-10-6-5-9-15(16)20(26)24(21)17-11-7-8-12-18(17)27-3/h4-12,14H,1,13H2,2-3H3,(H,22,25). The van der Waals surface area contributed by atoms with Gasteiger partial charge in [-0.25, -0.2) is 4.98 Å². The number of carbonyl (C=O) groups excluding carboxylic acids is 1. The van der Waals surface area contributed by atoms with Crippen LogP contribution in [0.5, 0.6) is 5.75 Å². The fraction of sp³-hybridized carbons (Fsp3) is 0.190. The van der Waals surface area contributed by atoms with Crippen molar-refractivity contribution >= 4 is 28.6 Å². The highest BCUT2D eigenvalue weighted by Crippen LogP contribution is 2.29. The minimum Gasteiger partial charge on any atom is -0.495 e. The average molecular weight is 395 g/mol. The number of amides is 1. The maximum atomic E-state index is 13.3. The lowest BCUT2D eigenvalue weighted by Gasteiger charge is -2.17. The van der Waals surface area contributed by atoms with Crippen molar-refractivity contribution in [3.63, 3.8) is 0 Å². The summed E-state index contributed by atoms with van der Waals surface area (Å²) in [5, 5.41) is 3.25. The number of hydrogen-bond donors (Lipinski definition) is 1. The van der Waals surface area contributed by atoms with Gasteiger partial charge in [0.2, 0.25) is 5.91 Å². The van der Waals surface area contributed by atoms with Crippen LogP contribution in [0.15, 0.2) is 71.1 Å². The lowest BCUT2D eigenvalue weighted by atomic mass is 10.2. The molecule has 0 saturated heterocycles. The highest BCUT2D eigenvalue weighted by Gasteiger charge is 2.21. The molecule has 0 bridgehead atoms. The molecule has 3 rings (SSSR count). The van der Waals surface area contributed by atoms with Gasteiger partial charge in [-0.2, -0.15) is 0 Å². The quantitative estimate of drug-likeness (QED) is 0.378. The van der Waals surface area contributed by atoms with Crippen LogP contribution in [-0.4, -0.2) is 34.4 Å². The predicted molar refractivity (Wildman–Crippen MR) is 112 cm³/mol. The number of nitrogens with zero attached hydrogens (tertiary/aromatic N) is 2. The lowest BCUT2D eigenvalue weighted by Crippen LogP contribution is -2.32. The summed E-state index contributed by atoms with van der Waals surface area (Å²) in [7, 11) is 1.55. The maximum Gasteiger partial charge on any atom is 0.266 e. The second-order valence-corrected chi connectivity index (χ2v) is 7.33. The Morgan fingerprint density at radius 2 is 2.00 bits per heavy atom. The van der Waals surface area contributed by atoms with E-state index in [0.29, 0.717) is 34.0 Å². The van der Waals surface area contributed by atoms with Gasteiger partial charge in [0.05, 0.1) is 29.0 Å². The number of benzene rings is 2. The number of para-hydroxylation sites is 3. The van der Waals surface area contributed by atoms with Crippen LogP contribution in [0.4, 0.5) is 0 Å². The summed E-state index contributed by atoms with van der Waals surface area (Å²) in [5.74, 6) is 0.395. The van der Waals surface area contributed by atoms with Crippen molar-refractivity contribution in [1.29, 1.82) is 0 Å². The molecule has 3 aromatic rings. The number of methoxy groups -OCH3 is 1. The van der Waals surface area contributed by atoms with Gasteiger partial charge in [0.25, 0.3) is 5.56 Å². The Kier molecular flexibility index (Phi) is 6.16. The van der Waals surface area contributed by atoms with Crippen molar-refractivity contribution in [3.8, 4) is 11.4 Å². The van der Waals surface area contributed by atoms with Gasteiger partial charge >= 0.3 is 0 Å². The largest absolute Gasteiger partial charge is 0.495 e. The highest BCUT2D eigenvalue weighted by molar-refractivity contribution is 8.00. The van der Waals surface area contributed by atoms with E-state index in [1.54, 1.807) is 50.4 Å². The van der Waals surface area contributed by atoms with E-state index in [0.717, 1.165) is 0 Å². The van der Waals surface area contributed by atoms with E-state index in [9.17, 15) is 9.59 Å². The van der Waals surface area contributed by atoms with Gasteiger partial charge < -0.3 is 10.1 Å². The molecule has 1 aromatic heterocycles. The fourth-order valence-electron chi connectivity index (χ4n) is 2.75. The number of aromatic nitrogens is 2. The molecule has 0 fully saturated rings. The Morgan fingerprint density at radius 1 is 1.29 bits per heavy atom. The first kappa shape index (κ1) is 19.7. The van der Waals surface area contributed by atoms with Crippen LogP contribution in [0.25, 0.3) is 16.6 Å². The first-order chi connectivity index (χ1) is 13.6. The first-order valence-corrected chi connectivity index (χ1v) is 9.65. The van der Waals surface area contributed by atoms with Crippen molar-refractivity contribution in [2.24, 2.45) is 0 Å². The van der Waals surface area contributed by atoms with Crippen LogP contribution in [0.2, 0.25) is 0 Å². The van der Waals surface area contributed by atoms with E-state index in [2.05, 4.69) is 16.9 Å². The summed E-state index contributed by atoms with van der Waals surface area (Å²) >= 11 is 1.22. The fourth-order valence-corrected chi connectivity index (χ4v) is 3.69. The van der Waals surface area contributed by atoms with E-state index in [4.69, 9.17) is 4.74 Å². The average Bonchev–Trinajstić information content (AvgIpc) is 2.72. The minimum absolute atomic E-state index is 0.154. The molecule has 0 spiro atoms. The van der Waals surface area contributed by atoms with Gasteiger partial charge in [0.1, 0.15) is 5.75 Å². The molecule has 1 N–H and O–H groups in total. The van der Waals surface area contributed by atoms with Gasteiger partial charge in [-0.1, -0.05) is 42.1 Å². The number of ether oxygens (including phenoxy) is 1. The SMILES string of the molecule is C=CCNC(=O)C(C)Sc1nc2ccccc2c(=O)n1-c1ccccc1OC. The van der Waals surface area contributed by atoms with Gasteiger partial charge in [0.15, 0.2) is 5.16 Å². The van der Waals surface area contributed by atoms with E-state index < -0.39 is 5.25 Å². The van der Waals surface area contributed by atoms with Gasteiger partial charge in [-0.05, 0) is 31.2 Å². The number of carbonyl (C=O) groups is 1. The van der Waals surface area contributed by atoms with Crippen LogP contribution in [-0.2, 0) is 4.79 Å². The monoisotopic (exact) mass is 395 g/mol. The minimum atomic E-state index is -0.450. The molecular formula is C21H21N3O3S. The summed E-state index contributed by atoms with van der Waals surface area (Å²) < 4.78 is 6.94. The summed E-state index contributed by atoms with van der Waals surface area (Å²) in [6, 6.07) is 14.4. The molecule has 6 nitrogen and oxygen atoms in total. The summed E-state index contributed by atoms with van der Waals surface area (Å²) in [6.07, 6.45) is 1.62. The van der Waals surface area contributed by atoms with E-state index in [1.165, 1.54) is 16.3 Å². The summed E-state index contributed by atoms with van der Waals surface area (Å²) in [4.78, 5) is 30.2. The number of thioether (sulfide) groups is 1. The maximum absolute atomic E-state index is 13.3. The molecule has 1 amide bonds. The normalized spacial score (nSPS) is 11.8. The zero-order valence-corrected chi connectivity index (χ0v) is 16.5. The molecule has 28 heavy (non-hydrogen) atoms. The molecule has 1 atom stereocenters. The molecule has 0 radical (unpaired) electrons. The molecule has 1 heterocycles. The topological polar surface area (TPSA) is 73.2 Å². The number of hydrogen-bond acceptors (Lipinski definition) is 5. The number of nitrogens with one attached hydrogen (secondary N) is 1. The Bertz CT molecular complexity index is 1080. The van der Waals surface area contributed by atoms with Crippen LogP contribution in [0.1, 0.15) is 6.92 Å². The van der Waals surface area contributed by atoms with Crippen molar-refractivity contribution in [2.45, 2.75) is 17.3 Å². The zero-order valence-electron chi connectivity index (χ0n) is 15.7. The molecule has 0 saturated carbocycles. The van der Waals surface area contributed by atoms with Crippen molar-refractivity contribution in [2.75, 3.05) is 13.7 Å². The van der Waals surface area contributed by atoms with Crippen LogP contribution in [0.3, 0.4) is 0 Å². The summed E-state index contributed by atoms with van der Waals surface area (Å²) in [6.45, 7) is 5.76. The van der Waals surface area contributed by atoms with Crippen molar-refractivity contribution in [1.82, 2.24) is 14.9 Å². The Labute approximate surface area is 167 Å². The third kappa shape index (κ3) is 3.94. The molecule has 1 unspecified atom stereocenters. The van der Waals surface area contributed by atoms with E-state index in [1.807, 2.05) is 18.2 Å². The Balaban J connectivity index is 2.16. The van der Waals surface area contributed by atoms with Crippen LogP contribution >= 0.6 is 11.8 Å². The van der Waals surface area contributed by atoms with Crippen LogP contribution < -0.4 is 15.6 Å². The second kappa shape index (κ2) is 8.75. The van der Waals surface area contributed by atoms with E-state index >= 15 is 0 Å². The summed E-state index contributed by atoms with van der Waals surface area (Å²) in [5.41, 5.74) is 0.950. The molecule has 0 aliphatic rings. The van der Waals surface area contributed by atoms with Gasteiger partial charge in [0, 0.05) is 6.54 Å². The molecule has 2 aromatic carbocycles. The number of fused-ring (bicyclic) bond motifs is 1. The van der Waals surface area contributed by atoms with Crippen molar-refractivity contribution in [3.05, 3.63) is 71.5 Å². The third-order valence-electron chi connectivity index (χ3n) is 4.14. The zero-order chi connectivity index (χ0) is 20.1. The van der Waals surface area contributed by atoms with Crippen LogP contribution in [0, 0.1) is 0 Å². The highest BCUT2D eigenvalue weighted by atomic mass is 32.2. The van der Waals surface area contributed by atoms with Gasteiger partial charge in [-0.15, -0.1) is 6.58 Å². The Hall–Kier alpha value is -3.06. The molecule has 0 aliphatic heterocycles. The second-order valence-electron chi connectivity index (χ2n) is 6.02. The predicted octanol–water partition coefficient (Wildman–Crippen LogP) is 3.18. The first-order valence-electron chi connectivity index (χ1n) is 8.77. The smallest absolute Gasteiger partial charge is 0.266 e. The van der Waals surface area contributed by atoms with Crippen molar-refractivity contribution < 1.29 is 9.53 Å². The third-order valence-corrected chi connectivity index (χ3v) is 5.20. The number of rotatable bonds is 7. The molecule has 144 valence electrons. The molecule has 7 heteroatoms.